The van der Waals surface area contributed by atoms with Gasteiger partial charge in [0.1, 0.15) is 0 Å². The first kappa shape index (κ1) is 12.0. The Morgan fingerprint density at radius 1 is 1.06 bits per heavy atom. The lowest BCUT2D eigenvalue weighted by Crippen LogP contribution is -2.50. The third-order valence-electron chi connectivity index (χ3n) is 6.08. The molecule has 1 unspecified atom stereocenters. The van der Waals surface area contributed by atoms with Gasteiger partial charge in [0, 0.05) is 6.61 Å². The zero-order valence-electron chi connectivity index (χ0n) is 11.3. The minimum absolute atomic E-state index is 0.451. The van der Waals surface area contributed by atoms with Crippen molar-refractivity contribution in [3.8, 4) is 0 Å². The second kappa shape index (κ2) is 4.57. The second-order valence-electron chi connectivity index (χ2n) is 7.30. The summed E-state index contributed by atoms with van der Waals surface area (Å²) >= 11 is 0. The van der Waals surface area contributed by atoms with Crippen molar-refractivity contribution in [3.63, 3.8) is 0 Å². The highest BCUT2D eigenvalue weighted by Crippen LogP contribution is 2.63. The summed E-state index contributed by atoms with van der Waals surface area (Å²) in [4.78, 5) is 0. The molecule has 0 heterocycles. The highest BCUT2D eigenvalue weighted by atomic mass is 16.3. The Hall–Kier alpha value is -0.0400. The molecule has 0 aromatic rings. The molecule has 0 aliphatic heterocycles. The first-order valence-electron chi connectivity index (χ1n) is 7.86. The lowest BCUT2D eigenvalue weighted by atomic mass is 9.46. The van der Waals surface area contributed by atoms with Crippen molar-refractivity contribution < 1.29 is 5.11 Å². The molecular weight excluding hydrogens is 208 g/mol. The van der Waals surface area contributed by atoms with Gasteiger partial charge in [0.05, 0.1) is 0 Å². The van der Waals surface area contributed by atoms with Crippen LogP contribution in [0.1, 0.15) is 64.7 Å². The van der Waals surface area contributed by atoms with E-state index in [2.05, 4.69) is 6.92 Å². The van der Waals surface area contributed by atoms with E-state index in [4.69, 9.17) is 0 Å². The van der Waals surface area contributed by atoms with Crippen molar-refractivity contribution in [2.24, 2.45) is 29.1 Å². The van der Waals surface area contributed by atoms with Crippen LogP contribution in [-0.2, 0) is 0 Å². The van der Waals surface area contributed by atoms with Crippen LogP contribution < -0.4 is 0 Å². The molecule has 1 heteroatoms. The fourth-order valence-corrected chi connectivity index (χ4v) is 5.72. The highest BCUT2D eigenvalue weighted by Gasteiger charge is 2.53. The van der Waals surface area contributed by atoms with Gasteiger partial charge >= 0.3 is 0 Å². The molecule has 4 fully saturated rings. The Balaban J connectivity index is 1.75. The van der Waals surface area contributed by atoms with Gasteiger partial charge in [-0.15, -0.1) is 0 Å². The van der Waals surface area contributed by atoms with Crippen LogP contribution >= 0.6 is 0 Å². The molecule has 4 aliphatic carbocycles. The van der Waals surface area contributed by atoms with Crippen molar-refractivity contribution in [2.45, 2.75) is 64.7 Å². The monoisotopic (exact) mass is 236 g/mol. The van der Waals surface area contributed by atoms with Gasteiger partial charge in [0.15, 0.2) is 0 Å². The first-order chi connectivity index (χ1) is 8.25. The van der Waals surface area contributed by atoms with Crippen molar-refractivity contribution in [1.29, 1.82) is 0 Å². The van der Waals surface area contributed by atoms with E-state index < -0.39 is 0 Å². The van der Waals surface area contributed by atoms with Crippen LogP contribution in [0.5, 0.6) is 0 Å². The van der Waals surface area contributed by atoms with Crippen LogP contribution in [0, 0.1) is 29.1 Å². The minimum atomic E-state index is 0.451. The maximum absolute atomic E-state index is 9.81. The summed E-state index contributed by atoms with van der Waals surface area (Å²) in [7, 11) is 0. The predicted molar refractivity (Wildman–Crippen MR) is 70.7 cm³/mol. The summed E-state index contributed by atoms with van der Waals surface area (Å²) in [5.74, 6) is 3.70. The van der Waals surface area contributed by atoms with Crippen LogP contribution in [0.25, 0.3) is 0 Å². The number of aliphatic hydroxyl groups is 1. The van der Waals surface area contributed by atoms with Gasteiger partial charge in [-0.3, -0.25) is 0 Å². The smallest absolute Gasteiger partial charge is 0.0464 e. The molecule has 4 saturated carbocycles. The van der Waals surface area contributed by atoms with Gasteiger partial charge in [-0.25, -0.2) is 0 Å². The van der Waals surface area contributed by atoms with Crippen LogP contribution in [0.15, 0.2) is 0 Å². The number of unbranched alkanes of at least 4 members (excludes halogenated alkanes) is 1. The molecule has 4 aliphatic rings. The summed E-state index contributed by atoms with van der Waals surface area (Å²) in [6, 6.07) is 0. The molecule has 4 bridgehead atoms. The summed E-state index contributed by atoms with van der Waals surface area (Å²) in [6.07, 6.45) is 12.8. The minimum Gasteiger partial charge on any atom is -0.396 e. The zero-order chi connectivity index (χ0) is 11.9. The zero-order valence-corrected chi connectivity index (χ0v) is 11.3. The number of rotatable bonds is 5. The Morgan fingerprint density at radius 2 is 1.59 bits per heavy atom. The molecule has 0 amide bonds. The van der Waals surface area contributed by atoms with Gasteiger partial charge < -0.3 is 5.11 Å². The second-order valence-corrected chi connectivity index (χ2v) is 7.30. The van der Waals surface area contributed by atoms with E-state index in [-0.39, 0.29) is 0 Å². The molecule has 4 rings (SSSR count). The number of hydrogen-bond acceptors (Lipinski definition) is 1. The predicted octanol–water partition coefficient (Wildman–Crippen LogP) is 4.00. The average molecular weight is 236 g/mol. The van der Waals surface area contributed by atoms with Crippen LogP contribution in [0.3, 0.4) is 0 Å². The van der Waals surface area contributed by atoms with E-state index in [9.17, 15) is 5.11 Å². The Bertz CT molecular complexity index is 235. The molecule has 0 aromatic carbocycles. The van der Waals surface area contributed by atoms with Crippen molar-refractivity contribution in [3.05, 3.63) is 0 Å². The molecule has 0 spiro atoms. The number of hydrogen-bond donors (Lipinski definition) is 1. The quantitative estimate of drug-likeness (QED) is 0.765. The molecule has 1 nitrogen and oxygen atoms in total. The largest absolute Gasteiger partial charge is 0.396 e. The molecule has 17 heavy (non-hydrogen) atoms. The van der Waals surface area contributed by atoms with Crippen LogP contribution in [0.2, 0.25) is 0 Å². The average Bonchev–Trinajstić information content (AvgIpc) is 2.27. The van der Waals surface area contributed by atoms with E-state index in [0.29, 0.717) is 17.9 Å². The fraction of sp³-hybridized carbons (Fsp3) is 1.00. The van der Waals surface area contributed by atoms with Gasteiger partial charge in [0.25, 0.3) is 0 Å². The van der Waals surface area contributed by atoms with E-state index >= 15 is 0 Å². The summed E-state index contributed by atoms with van der Waals surface area (Å²) in [5, 5.41) is 9.81. The van der Waals surface area contributed by atoms with Crippen molar-refractivity contribution >= 4 is 0 Å². The SMILES string of the molecule is CCCCC(CO)C12CC3CC(CC(C3)C1)C2. The molecule has 0 aromatic heterocycles. The summed E-state index contributed by atoms with van der Waals surface area (Å²) < 4.78 is 0. The number of aliphatic hydroxyl groups excluding tert-OH is 1. The standard InChI is InChI=1S/C16H28O/c1-2-3-4-15(11-17)16-8-12-5-13(9-16)7-14(6-12)10-16/h12-15,17H,2-11H2,1H3. The van der Waals surface area contributed by atoms with Gasteiger partial charge in [-0.1, -0.05) is 19.8 Å². The topological polar surface area (TPSA) is 20.2 Å². The summed E-state index contributed by atoms with van der Waals surface area (Å²) in [5.41, 5.74) is 0.568. The van der Waals surface area contributed by atoms with E-state index in [1.807, 2.05) is 0 Å². The van der Waals surface area contributed by atoms with E-state index in [0.717, 1.165) is 17.8 Å². The van der Waals surface area contributed by atoms with Gasteiger partial charge in [-0.2, -0.15) is 0 Å². The molecule has 98 valence electrons. The maximum Gasteiger partial charge on any atom is 0.0464 e. The first-order valence-corrected chi connectivity index (χ1v) is 7.86. The highest BCUT2D eigenvalue weighted by molar-refractivity contribution is 5.03. The van der Waals surface area contributed by atoms with Crippen LogP contribution in [-0.4, -0.2) is 11.7 Å². The fourth-order valence-electron chi connectivity index (χ4n) is 5.72. The van der Waals surface area contributed by atoms with Gasteiger partial charge in [0.2, 0.25) is 0 Å². The molecule has 0 saturated heterocycles. The normalized spacial score (nSPS) is 45.2. The molecule has 0 radical (unpaired) electrons. The third-order valence-corrected chi connectivity index (χ3v) is 6.08. The van der Waals surface area contributed by atoms with Crippen molar-refractivity contribution in [2.75, 3.05) is 6.61 Å². The molecular formula is C16H28O. The lowest BCUT2D eigenvalue weighted by Gasteiger charge is -2.59. The summed E-state index contributed by atoms with van der Waals surface area (Å²) in [6.45, 7) is 2.72. The van der Waals surface area contributed by atoms with Crippen molar-refractivity contribution in [1.82, 2.24) is 0 Å². The maximum atomic E-state index is 9.81. The Labute approximate surface area is 106 Å². The molecule has 1 atom stereocenters. The third kappa shape index (κ3) is 2.05. The Kier molecular flexibility index (Phi) is 3.23. The lowest BCUT2D eigenvalue weighted by molar-refractivity contribution is -0.100. The Morgan fingerprint density at radius 3 is 2.00 bits per heavy atom. The van der Waals surface area contributed by atoms with Gasteiger partial charge in [-0.05, 0) is 74.0 Å². The van der Waals surface area contributed by atoms with E-state index in [1.165, 1.54) is 57.8 Å². The van der Waals surface area contributed by atoms with Crippen LogP contribution in [0.4, 0.5) is 0 Å². The molecule has 1 N–H and O–H groups in total. The van der Waals surface area contributed by atoms with E-state index in [1.54, 1.807) is 0 Å².